The van der Waals surface area contributed by atoms with E-state index in [0.29, 0.717) is 17.3 Å². The number of carbonyl (C=O) groups excluding carboxylic acids is 2. The summed E-state index contributed by atoms with van der Waals surface area (Å²) in [6.07, 6.45) is 3.82. The second-order valence-corrected chi connectivity index (χ2v) is 8.81. The second-order valence-electron chi connectivity index (χ2n) is 8.81. The molecule has 26 heavy (non-hydrogen) atoms. The van der Waals surface area contributed by atoms with Gasteiger partial charge in [-0.15, -0.1) is 0 Å². The van der Waals surface area contributed by atoms with Crippen LogP contribution in [0.3, 0.4) is 0 Å². The molecule has 1 aromatic rings. The molecule has 0 unspecified atom stereocenters. The fourth-order valence-corrected chi connectivity index (χ4v) is 3.75. The Kier molecular flexibility index (Phi) is 6.85. The van der Waals surface area contributed by atoms with Crippen LogP contribution in [0.1, 0.15) is 71.8 Å². The summed E-state index contributed by atoms with van der Waals surface area (Å²) in [6.45, 7) is 10.7. The van der Waals surface area contributed by atoms with Crippen LogP contribution in [0.5, 0.6) is 0 Å². The number of rotatable bonds is 5. The van der Waals surface area contributed by atoms with Crippen molar-refractivity contribution < 1.29 is 14.3 Å². The molecule has 0 aliphatic heterocycles. The summed E-state index contributed by atoms with van der Waals surface area (Å²) in [5.41, 5.74) is 2.15. The highest BCUT2D eigenvalue weighted by molar-refractivity contribution is 5.93. The Morgan fingerprint density at radius 2 is 1.73 bits per heavy atom. The average Bonchev–Trinajstić information content (AvgIpc) is 2.59. The molecule has 0 radical (unpaired) electrons. The smallest absolute Gasteiger partial charge is 0.309 e. The van der Waals surface area contributed by atoms with Gasteiger partial charge in [0.05, 0.1) is 5.92 Å². The molecule has 0 heterocycles. The van der Waals surface area contributed by atoms with E-state index in [2.05, 4.69) is 39.9 Å². The summed E-state index contributed by atoms with van der Waals surface area (Å²) in [7, 11) is 0. The molecule has 4 heteroatoms. The molecule has 0 bridgehead atoms. The van der Waals surface area contributed by atoms with Crippen LogP contribution < -0.4 is 5.32 Å². The van der Waals surface area contributed by atoms with Crippen molar-refractivity contribution in [1.82, 2.24) is 0 Å². The van der Waals surface area contributed by atoms with Gasteiger partial charge in [0, 0.05) is 5.69 Å². The van der Waals surface area contributed by atoms with Crippen molar-refractivity contribution in [3.8, 4) is 0 Å². The summed E-state index contributed by atoms with van der Waals surface area (Å²) in [5.74, 6) is 0.387. The molecule has 1 saturated carbocycles. The first-order valence-electron chi connectivity index (χ1n) is 9.74. The van der Waals surface area contributed by atoms with Crippen molar-refractivity contribution in [3.63, 3.8) is 0 Å². The number of para-hydroxylation sites is 1. The molecule has 0 aromatic heterocycles. The van der Waals surface area contributed by atoms with Crippen molar-refractivity contribution in [2.24, 2.45) is 17.3 Å². The zero-order valence-corrected chi connectivity index (χ0v) is 16.8. The topological polar surface area (TPSA) is 55.4 Å². The standard InChI is InChI=1S/C22H33NO3/c1-15(2)18-8-6-7-9-19(18)23-20(24)14-26-21(25)16-10-12-17(13-11-16)22(3,4)5/h6-9,15-17H,10-14H2,1-5H3,(H,23,24). The Hall–Kier alpha value is -1.84. The minimum Gasteiger partial charge on any atom is -0.455 e. The van der Waals surface area contributed by atoms with Gasteiger partial charge in [0.15, 0.2) is 6.61 Å². The van der Waals surface area contributed by atoms with E-state index in [1.54, 1.807) is 0 Å². The highest BCUT2D eigenvalue weighted by Crippen LogP contribution is 2.40. The molecule has 0 atom stereocenters. The number of nitrogens with one attached hydrogen (secondary N) is 1. The molecule has 1 N–H and O–H groups in total. The van der Waals surface area contributed by atoms with Gasteiger partial charge in [0.25, 0.3) is 5.91 Å². The molecule has 1 aromatic carbocycles. The first-order valence-corrected chi connectivity index (χ1v) is 9.74. The summed E-state index contributed by atoms with van der Waals surface area (Å²) < 4.78 is 5.29. The second kappa shape index (κ2) is 8.70. The molecular weight excluding hydrogens is 326 g/mol. The highest BCUT2D eigenvalue weighted by Gasteiger charge is 2.33. The Bertz CT molecular complexity index is 623. The van der Waals surface area contributed by atoms with E-state index >= 15 is 0 Å². The van der Waals surface area contributed by atoms with Gasteiger partial charge in [-0.1, -0.05) is 52.8 Å². The predicted octanol–water partition coefficient (Wildman–Crippen LogP) is 5.14. The number of hydrogen-bond acceptors (Lipinski definition) is 3. The average molecular weight is 360 g/mol. The Morgan fingerprint density at radius 1 is 1.12 bits per heavy atom. The Morgan fingerprint density at radius 3 is 2.31 bits per heavy atom. The van der Waals surface area contributed by atoms with Gasteiger partial charge in [-0.3, -0.25) is 9.59 Å². The molecule has 1 fully saturated rings. The minimum atomic E-state index is -0.283. The lowest BCUT2D eigenvalue weighted by Crippen LogP contribution is -2.31. The van der Waals surface area contributed by atoms with Crippen LogP contribution >= 0.6 is 0 Å². The molecule has 1 aliphatic rings. The maximum absolute atomic E-state index is 12.3. The van der Waals surface area contributed by atoms with Gasteiger partial charge in [-0.2, -0.15) is 0 Å². The molecule has 1 amide bonds. The molecule has 4 nitrogen and oxygen atoms in total. The molecular formula is C22H33NO3. The number of amides is 1. The van der Waals surface area contributed by atoms with Crippen molar-refractivity contribution in [1.29, 1.82) is 0 Å². The predicted molar refractivity (Wildman–Crippen MR) is 105 cm³/mol. The third kappa shape index (κ3) is 5.58. The summed E-state index contributed by atoms with van der Waals surface area (Å²) in [6, 6.07) is 7.73. The quantitative estimate of drug-likeness (QED) is 0.740. The third-order valence-corrected chi connectivity index (χ3v) is 5.49. The van der Waals surface area contributed by atoms with Crippen LogP contribution in [0.25, 0.3) is 0 Å². The molecule has 144 valence electrons. The molecule has 0 saturated heterocycles. The maximum Gasteiger partial charge on any atom is 0.309 e. The molecule has 0 spiro atoms. The fraction of sp³-hybridized carbons (Fsp3) is 0.636. The largest absolute Gasteiger partial charge is 0.455 e. The maximum atomic E-state index is 12.3. The van der Waals surface area contributed by atoms with Crippen LogP contribution in [-0.4, -0.2) is 18.5 Å². The van der Waals surface area contributed by atoms with Crippen LogP contribution in [0.4, 0.5) is 5.69 Å². The number of esters is 1. The fourth-order valence-electron chi connectivity index (χ4n) is 3.75. The van der Waals surface area contributed by atoms with E-state index in [1.165, 1.54) is 0 Å². The van der Waals surface area contributed by atoms with Crippen LogP contribution in [0.15, 0.2) is 24.3 Å². The molecule has 2 rings (SSSR count). The van der Waals surface area contributed by atoms with Crippen molar-refractivity contribution in [2.45, 2.75) is 66.2 Å². The van der Waals surface area contributed by atoms with Gasteiger partial charge >= 0.3 is 5.97 Å². The minimum absolute atomic E-state index is 0.0654. The molecule has 1 aliphatic carbocycles. The highest BCUT2D eigenvalue weighted by atomic mass is 16.5. The lowest BCUT2D eigenvalue weighted by Gasteiger charge is -2.36. The lowest BCUT2D eigenvalue weighted by atomic mass is 9.70. The number of hydrogen-bond donors (Lipinski definition) is 1. The Labute approximate surface area is 157 Å². The summed E-state index contributed by atoms with van der Waals surface area (Å²) in [5, 5.41) is 2.86. The number of carbonyl (C=O) groups is 2. The van der Waals surface area contributed by atoms with Gasteiger partial charge < -0.3 is 10.1 Å². The van der Waals surface area contributed by atoms with Gasteiger partial charge in [-0.25, -0.2) is 0 Å². The first-order chi connectivity index (χ1) is 12.2. The van der Waals surface area contributed by atoms with Crippen LogP contribution in [0, 0.1) is 17.3 Å². The lowest BCUT2D eigenvalue weighted by molar-refractivity contribution is -0.153. The normalized spacial score (nSPS) is 20.7. The zero-order valence-electron chi connectivity index (χ0n) is 16.8. The van der Waals surface area contributed by atoms with E-state index in [9.17, 15) is 9.59 Å². The zero-order chi connectivity index (χ0) is 19.3. The van der Waals surface area contributed by atoms with Gasteiger partial charge in [0.1, 0.15) is 0 Å². The number of anilines is 1. The number of benzene rings is 1. The first kappa shape index (κ1) is 20.5. The van der Waals surface area contributed by atoms with E-state index in [-0.39, 0.29) is 24.4 Å². The summed E-state index contributed by atoms with van der Waals surface area (Å²) >= 11 is 0. The van der Waals surface area contributed by atoms with E-state index < -0.39 is 0 Å². The van der Waals surface area contributed by atoms with Crippen LogP contribution in [0.2, 0.25) is 0 Å². The van der Waals surface area contributed by atoms with Crippen molar-refractivity contribution in [3.05, 3.63) is 29.8 Å². The van der Waals surface area contributed by atoms with E-state index in [4.69, 9.17) is 4.74 Å². The summed E-state index contributed by atoms with van der Waals surface area (Å²) in [4.78, 5) is 24.5. The number of ether oxygens (including phenoxy) is 1. The van der Waals surface area contributed by atoms with Crippen molar-refractivity contribution >= 4 is 17.6 Å². The van der Waals surface area contributed by atoms with E-state index in [1.807, 2.05) is 24.3 Å². The van der Waals surface area contributed by atoms with E-state index in [0.717, 1.165) is 36.9 Å². The Balaban J connectivity index is 1.80. The van der Waals surface area contributed by atoms with Crippen LogP contribution in [-0.2, 0) is 14.3 Å². The third-order valence-electron chi connectivity index (χ3n) is 5.49. The van der Waals surface area contributed by atoms with Gasteiger partial charge in [0.2, 0.25) is 0 Å². The monoisotopic (exact) mass is 359 g/mol. The van der Waals surface area contributed by atoms with Crippen molar-refractivity contribution in [2.75, 3.05) is 11.9 Å². The SMILES string of the molecule is CC(C)c1ccccc1NC(=O)COC(=O)C1CCC(C(C)(C)C)CC1. The van der Waals surface area contributed by atoms with Gasteiger partial charge in [-0.05, 0) is 54.6 Å².